The summed E-state index contributed by atoms with van der Waals surface area (Å²) in [6, 6.07) is 9.89. The van der Waals surface area contributed by atoms with Gasteiger partial charge in [-0.1, -0.05) is 29.8 Å². The van der Waals surface area contributed by atoms with Crippen molar-refractivity contribution in [2.45, 2.75) is 63.1 Å². The van der Waals surface area contributed by atoms with Gasteiger partial charge in [0.05, 0.1) is 12.1 Å². The molecule has 0 amide bonds. The molecule has 228 valence electrons. The van der Waals surface area contributed by atoms with Gasteiger partial charge in [-0.15, -0.1) is 5.10 Å². The molecule has 8 nitrogen and oxygen atoms in total. The Morgan fingerprint density at radius 1 is 0.952 bits per heavy atom. The quantitative estimate of drug-likeness (QED) is 0.266. The molecule has 3 aromatic rings. The first-order valence-corrected chi connectivity index (χ1v) is 13.0. The zero-order valence-electron chi connectivity index (χ0n) is 21.8. The van der Waals surface area contributed by atoms with E-state index in [1.807, 2.05) is 0 Å². The molecule has 0 spiro atoms. The summed E-state index contributed by atoms with van der Waals surface area (Å²) in [5, 5.41) is 22.8. The maximum Gasteiger partial charge on any atom is 0.416 e. The van der Waals surface area contributed by atoms with Gasteiger partial charge in [0.15, 0.2) is 17.7 Å². The summed E-state index contributed by atoms with van der Waals surface area (Å²) in [6.45, 7) is -2.39. The number of hydrogen-bond donors (Lipinski definition) is 2. The molecule has 2 N–H and O–H groups in total. The second-order valence-electron chi connectivity index (χ2n) is 9.53. The van der Waals surface area contributed by atoms with Crippen molar-refractivity contribution in [3.63, 3.8) is 0 Å². The fraction of sp³-hybridized carbons (Fsp3) is 0.407. The number of nitrogens with zero attached hydrogens (tertiary/aromatic N) is 3. The minimum Gasteiger partial charge on any atom is -0.396 e. The summed E-state index contributed by atoms with van der Waals surface area (Å²) < 4.78 is 81.6. The molecule has 0 saturated heterocycles. The van der Waals surface area contributed by atoms with E-state index in [9.17, 15) is 45.8 Å². The minimum absolute atomic E-state index is 0.0739. The van der Waals surface area contributed by atoms with Gasteiger partial charge in [0.25, 0.3) is 0 Å². The summed E-state index contributed by atoms with van der Waals surface area (Å²) in [4.78, 5) is 38.6. The minimum atomic E-state index is -5.07. The number of benzene rings is 2. The molecule has 1 aromatic heterocycles. The lowest BCUT2D eigenvalue weighted by Gasteiger charge is -2.21. The molecular formula is C27H26ClF6N3O5. The molecule has 2 aromatic carbocycles. The Morgan fingerprint density at radius 3 is 2.17 bits per heavy atom. The number of halogens is 7. The predicted molar refractivity (Wildman–Crippen MR) is 139 cm³/mol. The van der Waals surface area contributed by atoms with Gasteiger partial charge in [-0.2, -0.15) is 26.3 Å². The van der Waals surface area contributed by atoms with Crippen LogP contribution in [0.2, 0.25) is 5.02 Å². The molecule has 1 heterocycles. The number of aliphatic hydroxyl groups is 2. The highest BCUT2D eigenvalue weighted by Gasteiger charge is 2.40. The highest BCUT2D eigenvalue weighted by molar-refractivity contribution is 6.30. The zero-order chi connectivity index (χ0) is 31.2. The first kappa shape index (κ1) is 33.0. The lowest BCUT2D eigenvalue weighted by atomic mass is 9.85. The van der Waals surface area contributed by atoms with Gasteiger partial charge < -0.3 is 10.2 Å². The topological polar surface area (TPSA) is 114 Å². The summed E-state index contributed by atoms with van der Waals surface area (Å²) >= 11 is 5.86. The monoisotopic (exact) mass is 621 g/mol. The van der Waals surface area contributed by atoms with Crippen molar-refractivity contribution in [1.29, 1.82) is 0 Å². The summed E-state index contributed by atoms with van der Waals surface area (Å²) in [5.74, 6) is -2.88. The van der Waals surface area contributed by atoms with E-state index in [2.05, 4.69) is 5.10 Å². The number of alkyl halides is 6. The summed E-state index contributed by atoms with van der Waals surface area (Å²) in [6.07, 6.45) is -14.0. The highest BCUT2D eigenvalue weighted by Crippen LogP contribution is 2.38. The largest absolute Gasteiger partial charge is 0.416 e. The fourth-order valence-corrected chi connectivity index (χ4v) is 4.49. The van der Waals surface area contributed by atoms with Crippen molar-refractivity contribution in [3.8, 4) is 11.4 Å². The Hall–Kier alpha value is -3.49. The highest BCUT2D eigenvalue weighted by atomic mass is 35.5. The molecule has 0 unspecified atom stereocenters. The van der Waals surface area contributed by atoms with Crippen LogP contribution in [0.5, 0.6) is 0 Å². The smallest absolute Gasteiger partial charge is 0.396 e. The van der Waals surface area contributed by atoms with Crippen LogP contribution in [0.15, 0.2) is 53.3 Å². The Kier molecular flexibility index (Phi) is 10.7. The van der Waals surface area contributed by atoms with Crippen molar-refractivity contribution in [1.82, 2.24) is 14.3 Å². The molecule has 42 heavy (non-hydrogen) atoms. The molecule has 0 radical (unpaired) electrons. The number of aromatic nitrogens is 3. The molecule has 15 heteroatoms. The van der Waals surface area contributed by atoms with Crippen LogP contribution in [0.1, 0.15) is 42.7 Å². The third kappa shape index (κ3) is 8.52. The van der Waals surface area contributed by atoms with E-state index in [1.54, 1.807) is 0 Å². The summed E-state index contributed by atoms with van der Waals surface area (Å²) in [5.41, 5.74) is -2.40. The maximum atomic E-state index is 13.7. The van der Waals surface area contributed by atoms with Crippen LogP contribution in [0.3, 0.4) is 0 Å². The number of Topliss-reactive ketones (excluding diaryl/α,β-unsaturated/α-hetero) is 2. The standard InChI is InChI=1S/C27H26ClF6N3O5/c28-18-9-7-16(8-10-18)24-35-37(25(42)36(24)15-23(41)27(32,33)34)14-20(40)13-17(12-19(39)4-3-11-38)21-5-1-2-6-22(21)26(29,30)31/h1-2,5-10,17,23,38,41H,3-4,11-15H2/t17-,23+/m1/s1. The third-order valence-electron chi connectivity index (χ3n) is 6.35. The van der Waals surface area contributed by atoms with Gasteiger partial charge in [0.2, 0.25) is 0 Å². The first-order chi connectivity index (χ1) is 19.6. The van der Waals surface area contributed by atoms with Crippen molar-refractivity contribution < 1.29 is 46.1 Å². The average Bonchev–Trinajstić information content (AvgIpc) is 3.20. The molecule has 2 atom stereocenters. The Bertz CT molecular complexity index is 1450. The maximum absolute atomic E-state index is 13.7. The van der Waals surface area contributed by atoms with Crippen LogP contribution < -0.4 is 5.69 Å². The molecule has 0 bridgehead atoms. The zero-order valence-corrected chi connectivity index (χ0v) is 22.6. The molecule has 3 rings (SSSR count). The van der Waals surface area contributed by atoms with Crippen LogP contribution in [0.4, 0.5) is 26.3 Å². The van der Waals surface area contributed by atoms with Crippen LogP contribution in [-0.2, 0) is 28.9 Å². The SMILES string of the molecule is O=C(CCCO)C[C@H](CC(=O)Cn1nc(-c2ccc(Cl)cc2)n(C[C@H](O)C(F)(F)F)c1=O)c1ccccc1C(F)(F)F. The molecule has 0 fully saturated rings. The number of rotatable bonds is 13. The lowest BCUT2D eigenvalue weighted by Crippen LogP contribution is -2.37. The van der Waals surface area contributed by atoms with E-state index in [0.29, 0.717) is 9.25 Å². The van der Waals surface area contributed by atoms with E-state index >= 15 is 0 Å². The van der Waals surface area contributed by atoms with Crippen molar-refractivity contribution >= 4 is 23.2 Å². The van der Waals surface area contributed by atoms with Gasteiger partial charge in [0.1, 0.15) is 12.3 Å². The molecule has 0 aliphatic heterocycles. The van der Waals surface area contributed by atoms with Crippen LogP contribution in [0, 0.1) is 0 Å². The molecule has 0 saturated carbocycles. The Labute approximate surface area is 240 Å². The second kappa shape index (κ2) is 13.7. The van der Waals surface area contributed by atoms with Gasteiger partial charge in [0, 0.05) is 36.5 Å². The van der Waals surface area contributed by atoms with E-state index < -0.39 is 73.1 Å². The van der Waals surface area contributed by atoms with Crippen LogP contribution >= 0.6 is 11.6 Å². The van der Waals surface area contributed by atoms with Gasteiger partial charge in [-0.3, -0.25) is 14.2 Å². The van der Waals surface area contributed by atoms with Crippen LogP contribution in [0.25, 0.3) is 11.4 Å². The lowest BCUT2D eigenvalue weighted by molar-refractivity contribution is -0.207. The number of carbonyl (C=O) groups is 2. The van der Waals surface area contributed by atoms with Crippen molar-refractivity contribution in [2.24, 2.45) is 0 Å². The van der Waals surface area contributed by atoms with E-state index in [0.717, 1.165) is 18.2 Å². The average molecular weight is 622 g/mol. The number of aliphatic hydroxyl groups excluding tert-OH is 2. The van der Waals surface area contributed by atoms with Crippen molar-refractivity contribution in [3.05, 3.63) is 75.2 Å². The Morgan fingerprint density at radius 2 is 1.57 bits per heavy atom. The normalized spacial score (nSPS) is 13.6. The number of ketones is 2. The van der Waals surface area contributed by atoms with Gasteiger partial charge in [-0.25, -0.2) is 9.48 Å². The first-order valence-electron chi connectivity index (χ1n) is 12.6. The van der Waals surface area contributed by atoms with E-state index in [-0.39, 0.29) is 41.4 Å². The van der Waals surface area contributed by atoms with E-state index in [4.69, 9.17) is 16.7 Å². The summed E-state index contributed by atoms with van der Waals surface area (Å²) in [7, 11) is 0. The van der Waals surface area contributed by atoms with Crippen molar-refractivity contribution in [2.75, 3.05) is 6.61 Å². The molecular weight excluding hydrogens is 596 g/mol. The number of carbonyl (C=O) groups excluding carboxylic acids is 2. The van der Waals surface area contributed by atoms with Crippen LogP contribution in [-0.4, -0.2) is 55.0 Å². The van der Waals surface area contributed by atoms with Gasteiger partial charge in [-0.05, 0) is 48.2 Å². The van der Waals surface area contributed by atoms with Gasteiger partial charge >= 0.3 is 18.0 Å². The third-order valence-corrected chi connectivity index (χ3v) is 6.60. The Balaban J connectivity index is 1.97. The second-order valence-corrected chi connectivity index (χ2v) is 9.97. The molecule has 0 aliphatic rings. The molecule has 0 aliphatic carbocycles. The number of hydrogen-bond acceptors (Lipinski definition) is 6. The fourth-order valence-electron chi connectivity index (χ4n) is 4.36. The predicted octanol–water partition coefficient (Wildman–Crippen LogP) is 4.78. The van der Waals surface area contributed by atoms with E-state index in [1.165, 1.54) is 30.3 Å².